The second kappa shape index (κ2) is 11.2. The van der Waals surface area contributed by atoms with Gasteiger partial charge in [-0.15, -0.1) is 0 Å². The third kappa shape index (κ3) is 6.49. The molecule has 1 aromatic carbocycles. The lowest BCUT2D eigenvalue weighted by molar-refractivity contribution is -0.142. The topological polar surface area (TPSA) is 128 Å². The van der Waals surface area contributed by atoms with E-state index in [9.17, 15) is 24.6 Å². The fourth-order valence-electron chi connectivity index (χ4n) is 4.22. The Bertz CT molecular complexity index is 780. The molecule has 9 heteroatoms. The van der Waals surface area contributed by atoms with E-state index in [1.165, 1.54) is 4.90 Å². The van der Waals surface area contributed by atoms with E-state index in [4.69, 9.17) is 4.74 Å². The van der Waals surface area contributed by atoms with Crippen molar-refractivity contribution < 1.29 is 29.3 Å². The third-order valence-corrected chi connectivity index (χ3v) is 5.96. The number of para-hydroxylation sites is 1. The lowest BCUT2D eigenvalue weighted by Crippen LogP contribution is -2.54. The molecule has 1 fully saturated rings. The van der Waals surface area contributed by atoms with Crippen LogP contribution < -0.4 is 15.5 Å². The molecule has 3 rings (SSSR count). The predicted molar refractivity (Wildman–Crippen MR) is 114 cm³/mol. The normalized spacial score (nSPS) is 20.7. The highest BCUT2D eigenvalue weighted by Gasteiger charge is 2.34. The average Bonchev–Trinajstić information content (AvgIpc) is 2.88. The first-order valence-electron chi connectivity index (χ1n) is 10.8. The molecule has 2 aliphatic heterocycles. The van der Waals surface area contributed by atoms with E-state index in [2.05, 4.69) is 10.6 Å². The van der Waals surface area contributed by atoms with E-state index < -0.39 is 36.5 Å². The minimum atomic E-state index is -1.13. The zero-order valence-electron chi connectivity index (χ0n) is 17.6. The largest absolute Gasteiger partial charge is 0.480 e. The molecule has 0 aromatic heterocycles. The Kier molecular flexibility index (Phi) is 8.39. The van der Waals surface area contributed by atoms with Gasteiger partial charge >= 0.3 is 11.9 Å². The number of hydrogen-bond donors (Lipinski definition) is 4. The molecule has 0 radical (unpaired) electrons. The van der Waals surface area contributed by atoms with Gasteiger partial charge in [0.2, 0.25) is 5.91 Å². The molecule has 1 unspecified atom stereocenters. The van der Waals surface area contributed by atoms with Gasteiger partial charge in [0.05, 0.1) is 12.6 Å². The van der Waals surface area contributed by atoms with Crippen molar-refractivity contribution in [2.24, 2.45) is 5.92 Å². The standard InChI is InChI=1S/C22H31N3O6/c26-20(27)13-25-19-4-2-1-3-16(19)5-6-17(21(25)28)24-18(22(29)30)14-31-12-9-15-7-10-23-11-8-15/h1-4,15,17-18,23-24H,5-14H2,(H,26,27)(H,29,30)/t17?,18-/m0/s1. The molecule has 1 saturated heterocycles. The Morgan fingerprint density at radius 2 is 1.94 bits per heavy atom. The molecule has 0 bridgehead atoms. The van der Waals surface area contributed by atoms with Crippen LogP contribution >= 0.6 is 0 Å². The van der Waals surface area contributed by atoms with Crippen molar-refractivity contribution in [3.63, 3.8) is 0 Å². The number of benzene rings is 1. The molecule has 0 aliphatic carbocycles. The molecule has 4 N–H and O–H groups in total. The van der Waals surface area contributed by atoms with Gasteiger partial charge in [-0.25, -0.2) is 0 Å². The van der Waals surface area contributed by atoms with E-state index in [1.807, 2.05) is 12.1 Å². The van der Waals surface area contributed by atoms with E-state index in [1.54, 1.807) is 12.1 Å². The molecule has 31 heavy (non-hydrogen) atoms. The average molecular weight is 434 g/mol. The minimum absolute atomic E-state index is 0.0457. The lowest BCUT2D eigenvalue weighted by Gasteiger charge is -2.27. The number of carboxylic acid groups (broad SMARTS) is 2. The molecule has 0 spiro atoms. The summed E-state index contributed by atoms with van der Waals surface area (Å²) >= 11 is 0. The monoisotopic (exact) mass is 433 g/mol. The predicted octanol–water partition coefficient (Wildman–Crippen LogP) is 0.868. The molecule has 170 valence electrons. The van der Waals surface area contributed by atoms with Crippen LogP contribution in [0.4, 0.5) is 5.69 Å². The van der Waals surface area contributed by atoms with Crippen LogP contribution in [0.2, 0.25) is 0 Å². The van der Waals surface area contributed by atoms with Crippen molar-refractivity contribution in [3.05, 3.63) is 29.8 Å². The number of amides is 1. The van der Waals surface area contributed by atoms with Gasteiger partial charge in [-0.3, -0.25) is 24.6 Å². The number of aliphatic carboxylic acids is 2. The summed E-state index contributed by atoms with van der Waals surface area (Å²) in [4.78, 5) is 37.4. The Morgan fingerprint density at radius 1 is 1.19 bits per heavy atom. The number of rotatable bonds is 10. The van der Waals surface area contributed by atoms with Crippen LogP contribution in [0, 0.1) is 5.92 Å². The summed E-state index contributed by atoms with van der Waals surface area (Å²) in [5.74, 6) is -2.07. The van der Waals surface area contributed by atoms with Crippen molar-refractivity contribution in [3.8, 4) is 0 Å². The zero-order chi connectivity index (χ0) is 22.2. The lowest BCUT2D eigenvalue weighted by atomic mass is 9.95. The van der Waals surface area contributed by atoms with Gasteiger partial charge < -0.3 is 20.3 Å². The maximum absolute atomic E-state index is 13.1. The maximum Gasteiger partial charge on any atom is 0.323 e. The number of hydrogen-bond acceptors (Lipinski definition) is 6. The van der Waals surface area contributed by atoms with E-state index in [-0.39, 0.29) is 6.61 Å². The quantitative estimate of drug-likeness (QED) is 0.400. The second-order valence-electron chi connectivity index (χ2n) is 8.15. The zero-order valence-corrected chi connectivity index (χ0v) is 17.6. The molecule has 2 atom stereocenters. The van der Waals surface area contributed by atoms with Crippen molar-refractivity contribution >= 4 is 23.5 Å². The fourth-order valence-corrected chi connectivity index (χ4v) is 4.22. The number of anilines is 1. The van der Waals surface area contributed by atoms with Gasteiger partial charge in [-0.2, -0.15) is 0 Å². The number of piperidine rings is 1. The number of aryl methyl sites for hydroxylation is 1. The number of carboxylic acids is 2. The summed E-state index contributed by atoms with van der Waals surface area (Å²) in [6.45, 7) is 1.96. The van der Waals surface area contributed by atoms with Crippen molar-refractivity contribution in [2.75, 3.05) is 37.7 Å². The molecule has 9 nitrogen and oxygen atoms in total. The molecule has 2 heterocycles. The highest BCUT2D eigenvalue weighted by atomic mass is 16.5. The first-order valence-corrected chi connectivity index (χ1v) is 10.8. The summed E-state index contributed by atoms with van der Waals surface area (Å²) in [5, 5.41) is 25.1. The van der Waals surface area contributed by atoms with E-state index >= 15 is 0 Å². The number of carbonyl (C=O) groups excluding carboxylic acids is 1. The van der Waals surface area contributed by atoms with Gasteiger partial charge in [0.25, 0.3) is 0 Å². The Morgan fingerprint density at radius 3 is 2.65 bits per heavy atom. The number of fused-ring (bicyclic) bond motifs is 1. The maximum atomic E-state index is 13.1. The van der Waals surface area contributed by atoms with Gasteiger partial charge in [-0.05, 0) is 62.7 Å². The number of carbonyl (C=O) groups is 3. The van der Waals surface area contributed by atoms with Crippen molar-refractivity contribution in [1.82, 2.24) is 10.6 Å². The van der Waals surface area contributed by atoms with Gasteiger partial charge in [-0.1, -0.05) is 18.2 Å². The summed E-state index contributed by atoms with van der Waals surface area (Å²) in [6, 6.07) is 5.32. The Balaban J connectivity index is 1.60. The fraction of sp³-hybridized carbons (Fsp3) is 0.591. The van der Waals surface area contributed by atoms with Gasteiger partial charge in [0, 0.05) is 12.3 Å². The second-order valence-corrected chi connectivity index (χ2v) is 8.15. The van der Waals surface area contributed by atoms with Crippen LogP contribution in [0.25, 0.3) is 0 Å². The minimum Gasteiger partial charge on any atom is -0.480 e. The number of ether oxygens (including phenoxy) is 1. The highest BCUT2D eigenvalue weighted by Crippen LogP contribution is 2.27. The summed E-state index contributed by atoms with van der Waals surface area (Å²) < 4.78 is 5.64. The highest BCUT2D eigenvalue weighted by molar-refractivity contribution is 6.02. The summed E-state index contributed by atoms with van der Waals surface area (Å²) in [5.41, 5.74) is 1.43. The van der Waals surface area contributed by atoms with Gasteiger partial charge in [0.1, 0.15) is 12.6 Å². The molecule has 1 amide bonds. The third-order valence-electron chi connectivity index (χ3n) is 5.96. The number of nitrogens with zero attached hydrogens (tertiary/aromatic N) is 1. The molecule has 0 saturated carbocycles. The SMILES string of the molecule is O=C(O)CN1C(=O)C(N[C@@H](COCCC2CCNCC2)C(=O)O)CCc2ccccc21. The van der Waals surface area contributed by atoms with E-state index in [0.717, 1.165) is 37.9 Å². The van der Waals surface area contributed by atoms with E-state index in [0.29, 0.717) is 31.1 Å². The Hall–Kier alpha value is -2.49. The summed E-state index contributed by atoms with van der Waals surface area (Å²) in [7, 11) is 0. The number of nitrogens with one attached hydrogen (secondary N) is 2. The molecular formula is C22H31N3O6. The van der Waals surface area contributed by atoms with Crippen LogP contribution in [-0.4, -0.2) is 73.0 Å². The first-order chi connectivity index (χ1) is 15.0. The van der Waals surface area contributed by atoms with Gasteiger partial charge in [0.15, 0.2) is 0 Å². The summed E-state index contributed by atoms with van der Waals surface area (Å²) in [6.07, 6.45) is 4.00. The first kappa shape index (κ1) is 23.2. The molecule has 1 aromatic rings. The van der Waals surface area contributed by atoms with Crippen LogP contribution in [0.1, 0.15) is 31.2 Å². The van der Waals surface area contributed by atoms with Crippen molar-refractivity contribution in [2.45, 2.75) is 44.2 Å². The van der Waals surface area contributed by atoms with Crippen LogP contribution in [-0.2, 0) is 25.5 Å². The Labute approximate surface area is 181 Å². The molecular weight excluding hydrogens is 402 g/mol. The van der Waals surface area contributed by atoms with Crippen LogP contribution in [0.3, 0.4) is 0 Å². The smallest absolute Gasteiger partial charge is 0.323 e. The molecule has 2 aliphatic rings. The van der Waals surface area contributed by atoms with Crippen LogP contribution in [0.15, 0.2) is 24.3 Å². The van der Waals surface area contributed by atoms with Crippen molar-refractivity contribution in [1.29, 1.82) is 0 Å². The van der Waals surface area contributed by atoms with Crippen LogP contribution in [0.5, 0.6) is 0 Å².